The minimum atomic E-state index is -0.920. The van der Waals surface area contributed by atoms with E-state index in [4.69, 9.17) is 0 Å². The minimum absolute atomic E-state index is 0. The smallest absolute Gasteiger partial charge is 0.326 e. The molecular weight excluding hydrogens is 611 g/mol. The summed E-state index contributed by atoms with van der Waals surface area (Å²) in [7, 11) is 0. The molecule has 9 heteroatoms. The van der Waals surface area contributed by atoms with E-state index < -0.39 is 24.0 Å². The average molecular weight is 642 g/mol. The molecule has 2 aliphatic heterocycles. The van der Waals surface area contributed by atoms with Crippen molar-refractivity contribution in [2.75, 3.05) is 13.1 Å². The van der Waals surface area contributed by atoms with Crippen molar-refractivity contribution in [2.24, 2.45) is 0 Å². The fourth-order valence-corrected chi connectivity index (χ4v) is 5.67. The number of benzene rings is 4. The Morgan fingerprint density at radius 1 is 0.561 bits per heavy atom. The zero-order valence-electron chi connectivity index (χ0n) is 22.2. The second kappa shape index (κ2) is 13.0. The molecule has 4 aromatic rings. The Kier molecular flexibility index (Phi) is 9.51. The van der Waals surface area contributed by atoms with Crippen molar-refractivity contribution in [3.8, 4) is 0 Å². The van der Waals surface area contributed by atoms with Gasteiger partial charge in [0.1, 0.15) is 12.1 Å². The van der Waals surface area contributed by atoms with Gasteiger partial charge in [-0.2, -0.15) is 0 Å². The second-order valence-electron chi connectivity index (χ2n) is 10.0. The van der Waals surface area contributed by atoms with Crippen LogP contribution in [0.4, 0.5) is 0 Å². The van der Waals surface area contributed by atoms with E-state index in [1.54, 1.807) is 12.1 Å². The first kappa shape index (κ1) is 29.9. The van der Waals surface area contributed by atoms with Gasteiger partial charge in [-0.25, -0.2) is 9.59 Å². The monoisotopic (exact) mass is 641 g/mol. The van der Waals surface area contributed by atoms with Gasteiger partial charge in [-0.1, -0.05) is 72.8 Å². The van der Waals surface area contributed by atoms with Crippen LogP contribution in [-0.2, 0) is 29.1 Å². The van der Waals surface area contributed by atoms with Gasteiger partial charge in [-0.15, -0.1) is 0 Å². The van der Waals surface area contributed by atoms with E-state index in [-0.39, 0.29) is 31.3 Å². The Labute approximate surface area is 250 Å². The van der Waals surface area contributed by atoms with Crippen molar-refractivity contribution in [1.29, 1.82) is 0 Å². The molecule has 2 fully saturated rings. The standard InChI is InChI=1S/2C16H15NO3.Rh/c2*18-15(17-10-4-9-14(17)16(19)20)13-8-3-6-11-5-1-2-7-12(11)13;/h2*1-3,5-8,14H,4,9-10H2,(H,19,20);/t2*14-;/m00./s1. The molecule has 0 unspecified atom stereocenters. The molecular formula is C32H30N2O6Rh. The molecule has 2 heterocycles. The third-order valence-electron chi connectivity index (χ3n) is 7.64. The number of hydrogen-bond acceptors (Lipinski definition) is 4. The van der Waals surface area contributed by atoms with Crippen LogP contribution in [0.5, 0.6) is 0 Å². The van der Waals surface area contributed by atoms with Gasteiger partial charge < -0.3 is 20.0 Å². The molecule has 0 aromatic heterocycles. The predicted molar refractivity (Wildman–Crippen MR) is 151 cm³/mol. The van der Waals surface area contributed by atoms with Crippen LogP contribution in [0.15, 0.2) is 84.9 Å². The third kappa shape index (κ3) is 6.15. The first-order valence-corrected chi connectivity index (χ1v) is 13.4. The normalized spacial score (nSPS) is 18.0. The van der Waals surface area contributed by atoms with Gasteiger partial charge in [0.15, 0.2) is 0 Å². The summed E-state index contributed by atoms with van der Waals surface area (Å²) < 4.78 is 0. The molecule has 2 saturated heterocycles. The maximum atomic E-state index is 12.6. The van der Waals surface area contributed by atoms with Crippen LogP contribution < -0.4 is 0 Å². The molecule has 0 spiro atoms. The fraction of sp³-hybridized carbons (Fsp3) is 0.250. The Bertz CT molecular complexity index is 1480. The van der Waals surface area contributed by atoms with E-state index in [9.17, 15) is 29.4 Å². The Balaban J connectivity index is 0.000000184. The molecule has 0 aliphatic carbocycles. The molecule has 2 N–H and O–H groups in total. The molecule has 8 nitrogen and oxygen atoms in total. The molecule has 2 amide bonds. The van der Waals surface area contributed by atoms with Gasteiger partial charge in [0, 0.05) is 43.7 Å². The molecule has 6 rings (SSSR count). The summed E-state index contributed by atoms with van der Waals surface area (Å²) in [6.07, 6.45) is 2.55. The molecule has 4 aromatic carbocycles. The van der Waals surface area contributed by atoms with E-state index >= 15 is 0 Å². The van der Waals surface area contributed by atoms with E-state index in [0.29, 0.717) is 37.1 Å². The SMILES string of the molecule is O=C(O)[C@@H]1CCCN1C(=O)c1cccc2ccccc12.O=C(O)[C@@H]1CCCN1C(=O)c1cccc2ccccc12.[Rh]. The summed E-state index contributed by atoms with van der Waals surface area (Å²) in [5, 5.41) is 22.1. The van der Waals surface area contributed by atoms with Gasteiger partial charge >= 0.3 is 11.9 Å². The Hall–Kier alpha value is -4.10. The number of nitrogens with zero attached hydrogens (tertiary/aromatic N) is 2. The summed E-state index contributed by atoms with van der Waals surface area (Å²) in [5.41, 5.74) is 1.16. The third-order valence-corrected chi connectivity index (χ3v) is 7.64. The van der Waals surface area contributed by atoms with Gasteiger partial charge in [-0.05, 0) is 59.4 Å². The summed E-state index contributed by atoms with van der Waals surface area (Å²) in [4.78, 5) is 50.7. The first-order valence-electron chi connectivity index (χ1n) is 13.4. The Morgan fingerprint density at radius 2 is 0.927 bits per heavy atom. The number of carbonyl (C=O) groups excluding carboxylic acids is 2. The number of amides is 2. The van der Waals surface area contributed by atoms with Crippen LogP contribution >= 0.6 is 0 Å². The largest absolute Gasteiger partial charge is 0.480 e. The van der Waals surface area contributed by atoms with E-state index in [0.717, 1.165) is 34.4 Å². The van der Waals surface area contributed by atoms with Gasteiger partial charge in [-0.3, -0.25) is 9.59 Å². The maximum absolute atomic E-state index is 12.6. The molecule has 1 radical (unpaired) electrons. The number of carboxylic acids is 2. The minimum Gasteiger partial charge on any atom is -0.480 e. The van der Waals surface area contributed by atoms with Gasteiger partial charge in [0.05, 0.1) is 0 Å². The van der Waals surface area contributed by atoms with Crippen molar-refractivity contribution < 1.29 is 48.9 Å². The summed E-state index contributed by atoms with van der Waals surface area (Å²) >= 11 is 0. The zero-order valence-corrected chi connectivity index (χ0v) is 23.9. The van der Waals surface area contributed by atoms with Crippen LogP contribution in [0.3, 0.4) is 0 Å². The van der Waals surface area contributed by atoms with Gasteiger partial charge in [0.25, 0.3) is 11.8 Å². The molecule has 2 aliphatic rings. The van der Waals surface area contributed by atoms with E-state index in [1.165, 1.54) is 9.80 Å². The number of likely N-dealkylation sites (tertiary alicyclic amines) is 2. The number of carboxylic acid groups (broad SMARTS) is 2. The van der Waals surface area contributed by atoms with E-state index in [2.05, 4.69) is 0 Å². The average Bonchev–Trinajstić information content (AvgIpc) is 3.67. The number of aliphatic carboxylic acids is 2. The molecule has 41 heavy (non-hydrogen) atoms. The number of fused-ring (bicyclic) bond motifs is 2. The van der Waals surface area contributed by atoms with Crippen LogP contribution in [0, 0.1) is 0 Å². The van der Waals surface area contributed by atoms with E-state index in [1.807, 2.05) is 72.8 Å². The van der Waals surface area contributed by atoms with Gasteiger partial charge in [0.2, 0.25) is 0 Å². The van der Waals surface area contributed by atoms with Crippen molar-refractivity contribution in [1.82, 2.24) is 9.80 Å². The fourth-order valence-electron chi connectivity index (χ4n) is 5.67. The first-order chi connectivity index (χ1) is 19.4. The molecule has 2 atom stereocenters. The number of hydrogen-bond donors (Lipinski definition) is 2. The van der Waals surface area contributed by atoms with Crippen molar-refractivity contribution >= 4 is 45.3 Å². The number of carbonyl (C=O) groups is 4. The summed E-state index contributed by atoms with van der Waals surface area (Å²) in [5.74, 6) is -2.22. The molecule has 0 saturated carbocycles. The Morgan fingerprint density at radius 3 is 1.32 bits per heavy atom. The van der Waals surface area contributed by atoms with Crippen LogP contribution in [0.25, 0.3) is 21.5 Å². The van der Waals surface area contributed by atoms with Crippen molar-refractivity contribution in [3.05, 3.63) is 96.1 Å². The molecule has 0 bridgehead atoms. The number of rotatable bonds is 4. The second-order valence-corrected chi connectivity index (χ2v) is 10.0. The van der Waals surface area contributed by atoms with Crippen LogP contribution in [-0.4, -0.2) is 68.9 Å². The van der Waals surface area contributed by atoms with Crippen molar-refractivity contribution in [3.63, 3.8) is 0 Å². The summed E-state index contributed by atoms with van der Waals surface area (Å²) in [6.45, 7) is 1.03. The predicted octanol–water partition coefficient (Wildman–Crippen LogP) is 5.06. The summed E-state index contributed by atoms with van der Waals surface area (Å²) in [6, 6.07) is 25.0. The van der Waals surface area contributed by atoms with Crippen LogP contribution in [0.2, 0.25) is 0 Å². The quantitative estimate of drug-likeness (QED) is 0.302. The maximum Gasteiger partial charge on any atom is 0.326 e. The molecule has 213 valence electrons. The topological polar surface area (TPSA) is 115 Å². The van der Waals surface area contributed by atoms with Crippen molar-refractivity contribution in [2.45, 2.75) is 37.8 Å². The zero-order chi connectivity index (χ0) is 28.2. The van der Waals surface area contributed by atoms with Crippen LogP contribution in [0.1, 0.15) is 46.4 Å².